The van der Waals surface area contributed by atoms with Crippen LogP contribution in [0.4, 0.5) is 15.0 Å². The van der Waals surface area contributed by atoms with E-state index in [9.17, 15) is 19.1 Å². The number of aliphatic carboxylic acids is 1. The molecular formula is C27H44FN5O4. The third-order valence-corrected chi connectivity index (χ3v) is 7.59. The molecule has 0 aliphatic carbocycles. The van der Waals surface area contributed by atoms with Crippen LogP contribution < -0.4 is 10.6 Å². The van der Waals surface area contributed by atoms with E-state index in [1.807, 2.05) is 18.7 Å². The van der Waals surface area contributed by atoms with Gasteiger partial charge in [0.15, 0.2) is 0 Å². The molecule has 0 bridgehead atoms. The van der Waals surface area contributed by atoms with Gasteiger partial charge in [-0.2, -0.15) is 0 Å². The van der Waals surface area contributed by atoms with Gasteiger partial charge >= 0.3 is 12.0 Å². The van der Waals surface area contributed by atoms with Crippen molar-refractivity contribution in [2.24, 2.45) is 0 Å². The zero-order valence-corrected chi connectivity index (χ0v) is 22.5. The fourth-order valence-electron chi connectivity index (χ4n) is 5.31. The second kappa shape index (κ2) is 14.5. The van der Waals surface area contributed by atoms with Crippen LogP contribution in [0.3, 0.4) is 0 Å². The summed E-state index contributed by atoms with van der Waals surface area (Å²) in [6.45, 7) is 5.79. The molecule has 2 amide bonds. The molecule has 3 rings (SSSR count). The number of carbonyl (C=O) groups excluding carboxylic acids is 1. The number of hydrogen-bond acceptors (Lipinski definition) is 6. The van der Waals surface area contributed by atoms with Gasteiger partial charge in [0, 0.05) is 44.5 Å². The number of fused-ring (bicyclic) bond motifs is 1. The molecule has 1 fully saturated rings. The van der Waals surface area contributed by atoms with Crippen molar-refractivity contribution in [3.63, 3.8) is 0 Å². The second-order valence-corrected chi connectivity index (χ2v) is 10.4. The number of alkyl halides is 1. The number of carboxylic acids is 1. The number of aromatic nitrogens is 1. The van der Waals surface area contributed by atoms with Crippen molar-refractivity contribution in [1.29, 1.82) is 0 Å². The number of methoxy groups -OCH3 is 1. The molecule has 10 heteroatoms. The number of likely N-dealkylation sites (tertiary alicyclic amines) is 1. The molecule has 9 nitrogen and oxygen atoms in total. The van der Waals surface area contributed by atoms with Crippen LogP contribution in [-0.4, -0.2) is 96.1 Å². The van der Waals surface area contributed by atoms with Crippen LogP contribution in [-0.2, 0) is 22.4 Å². The summed E-state index contributed by atoms with van der Waals surface area (Å²) < 4.78 is 18.6. The van der Waals surface area contributed by atoms with E-state index in [1.54, 1.807) is 4.90 Å². The quantitative estimate of drug-likeness (QED) is 0.322. The third-order valence-electron chi connectivity index (χ3n) is 7.59. The lowest BCUT2D eigenvalue weighted by atomic mass is 10.1. The number of nitrogens with zero attached hydrogens (tertiary/aromatic N) is 3. The zero-order chi connectivity index (χ0) is 26.8. The lowest BCUT2D eigenvalue weighted by Gasteiger charge is -2.30. The maximum atomic E-state index is 13.4. The van der Waals surface area contributed by atoms with E-state index in [2.05, 4.69) is 22.8 Å². The Hall–Kier alpha value is -2.46. The number of ether oxygens (including phenoxy) is 1. The highest BCUT2D eigenvalue weighted by Crippen LogP contribution is 2.23. The van der Waals surface area contributed by atoms with Gasteiger partial charge < -0.3 is 30.3 Å². The summed E-state index contributed by atoms with van der Waals surface area (Å²) in [6, 6.07) is 3.10. The van der Waals surface area contributed by atoms with Crippen LogP contribution in [0.25, 0.3) is 0 Å². The number of halogens is 1. The van der Waals surface area contributed by atoms with Crippen molar-refractivity contribution in [3.8, 4) is 0 Å². The Morgan fingerprint density at radius 2 is 2.03 bits per heavy atom. The van der Waals surface area contributed by atoms with E-state index >= 15 is 0 Å². The van der Waals surface area contributed by atoms with Crippen LogP contribution >= 0.6 is 0 Å². The highest BCUT2D eigenvalue weighted by Gasteiger charge is 2.33. The van der Waals surface area contributed by atoms with Gasteiger partial charge in [0.25, 0.3) is 0 Å². The first-order valence-electron chi connectivity index (χ1n) is 13.7. The average Bonchev–Trinajstić information content (AvgIpc) is 3.24. The molecule has 0 radical (unpaired) electrons. The standard InChI is InChI=1S/C27H44FN5O4/c1-19-9-10-20(2)33(19)27(36)31-24(26(34)35)13-16-32(18-23(17-28)37-3)15-5-4-8-22-12-11-21-7-6-14-29-25(21)30-22/h11-12,19-20,23-24H,4-10,13-18H2,1-3H3,(H,29,30)(H,31,36)(H,34,35)/t19-,20-,23-,24+/m1/s1. The molecule has 1 aromatic rings. The van der Waals surface area contributed by atoms with Crippen LogP contribution in [0.2, 0.25) is 0 Å². The third kappa shape index (κ3) is 8.53. The minimum Gasteiger partial charge on any atom is -0.480 e. The summed E-state index contributed by atoms with van der Waals surface area (Å²) in [5.74, 6) is -0.0654. The normalized spacial score (nSPS) is 20.8. The van der Waals surface area contributed by atoms with Crippen molar-refractivity contribution in [1.82, 2.24) is 20.1 Å². The van der Waals surface area contributed by atoms with E-state index in [-0.39, 0.29) is 24.5 Å². The number of aryl methyl sites for hydroxylation is 2. The Labute approximate surface area is 220 Å². The van der Waals surface area contributed by atoms with Crippen LogP contribution in [0.5, 0.6) is 0 Å². The Morgan fingerprint density at radius 1 is 1.27 bits per heavy atom. The van der Waals surface area contributed by atoms with Gasteiger partial charge in [0.1, 0.15) is 18.5 Å². The molecule has 1 saturated heterocycles. The summed E-state index contributed by atoms with van der Waals surface area (Å²) in [5, 5.41) is 15.8. The topological polar surface area (TPSA) is 107 Å². The van der Waals surface area contributed by atoms with Gasteiger partial charge in [-0.15, -0.1) is 0 Å². The van der Waals surface area contributed by atoms with E-state index in [1.165, 1.54) is 12.7 Å². The predicted molar refractivity (Wildman–Crippen MR) is 142 cm³/mol. The number of pyridine rings is 1. The maximum Gasteiger partial charge on any atom is 0.326 e. The number of carbonyl (C=O) groups is 2. The van der Waals surface area contributed by atoms with Gasteiger partial charge in [-0.3, -0.25) is 0 Å². The molecule has 1 aromatic heterocycles. The maximum absolute atomic E-state index is 13.4. The molecule has 2 aliphatic rings. The highest BCUT2D eigenvalue weighted by molar-refractivity contribution is 5.83. The number of urea groups is 1. The molecule has 0 spiro atoms. The lowest BCUT2D eigenvalue weighted by molar-refractivity contribution is -0.139. The number of anilines is 1. The van der Waals surface area contributed by atoms with E-state index in [0.29, 0.717) is 19.6 Å². The number of unbranched alkanes of at least 4 members (excludes halogenated alkanes) is 1. The highest BCUT2D eigenvalue weighted by atomic mass is 19.1. The number of carboxylic acid groups (broad SMARTS) is 1. The van der Waals surface area contributed by atoms with Crippen LogP contribution in [0.15, 0.2) is 12.1 Å². The monoisotopic (exact) mass is 521 g/mol. The molecule has 37 heavy (non-hydrogen) atoms. The molecule has 0 unspecified atom stereocenters. The summed E-state index contributed by atoms with van der Waals surface area (Å²) in [6.07, 6.45) is 6.32. The molecule has 0 aromatic carbocycles. The van der Waals surface area contributed by atoms with Crippen LogP contribution in [0, 0.1) is 0 Å². The van der Waals surface area contributed by atoms with Gasteiger partial charge in [0.05, 0.1) is 6.10 Å². The Bertz CT molecular complexity index is 874. The summed E-state index contributed by atoms with van der Waals surface area (Å²) in [4.78, 5) is 33.2. The van der Waals surface area contributed by atoms with Crippen molar-refractivity contribution in [2.75, 3.05) is 45.3 Å². The Balaban J connectivity index is 1.52. The lowest BCUT2D eigenvalue weighted by Crippen LogP contribution is -2.51. The molecule has 0 saturated carbocycles. The first-order chi connectivity index (χ1) is 17.8. The van der Waals surface area contributed by atoms with Crippen molar-refractivity contribution >= 4 is 17.8 Å². The van der Waals surface area contributed by atoms with Crippen molar-refractivity contribution in [2.45, 2.75) is 89.4 Å². The van der Waals surface area contributed by atoms with Crippen molar-refractivity contribution in [3.05, 3.63) is 23.4 Å². The molecule has 3 N–H and O–H groups in total. The zero-order valence-electron chi connectivity index (χ0n) is 22.5. The smallest absolute Gasteiger partial charge is 0.326 e. The number of nitrogens with one attached hydrogen (secondary N) is 2. The molecule has 3 heterocycles. The summed E-state index contributed by atoms with van der Waals surface area (Å²) in [5.41, 5.74) is 2.32. The molecule has 2 aliphatic heterocycles. The van der Waals surface area contributed by atoms with Crippen molar-refractivity contribution < 1.29 is 23.8 Å². The van der Waals surface area contributed by atoms with Gasteiger partial charge in [-0.25, -0.2) is 19.0 Å². The first kappa shape index (κ1) is 29.1. The number of amides is 2. The Kier molecular flexibility index (Phi) is 11.4. The van der Waals surface area contributed by atoms with Gasteiger partial charge in [0.2, 0.25) is 0 Å². The molecular weight excluding hydrogens is 477 g/mol. The molecule has 4 atom stereocenters. The predicted octanol–water partition coefficient (Wildman–Crippen LogP) is 3.47. The minimum absolute atomic E-state index is 0.0911. The largest absolute Gasteiger partial charge is 0.480 e. The summed E-state index contributed by atoms with van der Waals surface area (Å²) >= 11 is 0. The molecule has 208 valence electrons. The first-order valence-corrected chi connectivity index (χ1v) is 13.7. The summed E-state index contributed by atoms with van der Waals surface area (Å²) in [7, 11) is 1.48. The van der Waals surface area contributed by atoms with E-state index in [4.69, 9.17) is 9.72 Å². The SMILES string of the molecule is CO[C@H](CF)CN(CCCCc1ccc2c(n1)NCCC2)CC[C@H](NC(=O)N1[C@H](C)CC[C@H]1C)C(=O)O. The fourth-order valence-corrected chi connectivity index (χ4v) is 5.31. The van der Waals surface area contributed by atoms with E-state index in [0.717, 1.165) is 63.0 Å². The Morgan fingerprint density at radius 3 is 2.70 bits per heavy atom. The average molecular weight is 522 g/mol. The van der Waals surface area contributed by atoms with Gasteiger partial charge in [-0.1, -0.05) is 6.07 Å². The van der Waals surface area contributed by atoms with E-state index < -0.39 is 24.8 Å². The number of rotatable bonds is 14. The van der Waals surface area contributed by atoms with Crippen LogP contribution in [0.1, 0.15) is 63.6 Å². The van der Waals surface area contributed by atoms with Gasteiger partial charge in [-0.05, 0) is 83.4 Å². The minimum atomic E-state index is -1.06. The second-order valence-electron chi connectivity index (χ2n) is 10.4. The fraction of sp³-hybridized carbons (Fsp3) is 0.741. The number of hydrogen-bond donors (Lipinski definition) is 3.